The Labute approximate surface area is 208 Å². The molecular formula is C24H29ClN4O6. The topological polar surface area (TPSA) is 140 Å². The van der Waals surface area contributed by atoms with Gasteiger partial charge >= 0.3 is 0 Å². The minimum atomic E-state index is -1.02. The zero-order valence-electron chi connectivity index (χ0n) is 20.0. The third-order valence-corrected chi connectivity index (χ3v) is 5.16. The van der Waals surface area contributed by atoms with E-state index in [4.69, 9.17) is 30.7 Å². The zero-order valence-corrected chi connectivity index (χ0v) is 20.8. The molecule has 1 unspecified atom stereocenters. The van der Waals surface area contributed by atoms with Gasteiger partial charge in [0, 0.05) is 29.1 Å². The molecule has 0 bridgehead atoms. The van der Waals surface area contributed by atoms with Gasteiger partial charge in [-0.05, 0) is 43.5 Å². The van der Waals surface area contributed by atoms with Gasteiger partial charge in [0.1, 0.15) is 19.3 Å². The number of carbonyl (C=O) groups is 1. The maximum absolute atomic E-state index is 11.1. The van der Waals surface area contributed by atoms with E-state index in [1.54, 1.807) is 12.1 Å². The average Bonchev–Trinajstić information content (AvgIpc) is 3.31. The van der Waals surface area contributed by atoms with Crippen LogP contribution in [0.15, 0.2) is 28.8 Å². The summed E-state index contributed by atoms with van der Waals surface area (Å²) < 4.78 is 16.5. The molecule has 0 radical (unpaired) electrons. The molecule has 2 heterocycles. The molecule has 3 rings (SSSR count). The van der Waals surface area contributed by atoms with Gasteiger partial charge in [0.15, 0.2) is 11.5 Å². The van der Waals surface area contributed by atoms with Crippen LogP contribution in [0.5, 0.6) is 11.5 Å². The van der Waals surface area contributed by atoms with E-state index in [0.717, 1.165) is 23.4 Å². The Balaban J connectivity index is 1.79. The molecule has 0 aliphatic carbocycles. The number of hydrogen-bond acceptors (Lipinski definition) is 9. The molecule has 1 atom stereocenters. The molecule has 35 heavy (non-hydrogen) atoms. The molecule has 11 heteroatoms. The van der Waals surface area contributed by atoms with Gasteiger partial charge in [0.05, 0.1) is 12.1 Å². The SMILES string of the molecule is COc1cc(-c2noc(-c3cc(C)nc(CC(C)C)c3)n2)cc(Cl)c1OCC(O)CNC(=O)CO. The molecule has 3 aromatic rings. The average molecular weight is 505 g/mol. The van der Waals surface area contributed by atoms with Gasteiger partial charge in [-0.2, -0.15) is 4.98 Å². The first-order valence-corrected chi connectivity index (χ1v) is 11.5. The first kappa shape index (κ1) is 26.4. The number of rotatable bonds is 11. The number of nitrogens with zero attached hydrogens (tertiary/aromatic N) is 3. The van der Waals surface area contributed by atoms with Crippen molar-refractivity contribution in [1.82, 2.24) is 20.4 Å². The lowest BCUT2D eigenvalue weighted by molar-refractivity contribution is -0.124. The fourth-order valence-electron chi connectivity index (χ4n) is 3.36. The Kier molecular flexibility index (Phi) is 9.02. The number of benzene rings is 1. The van der Waals surface area contributed by atoms with E-state index in [9.17, 15) is 9.90 Å². The second-order valence-electron chi connectivity index (χ2n) is 8.43. The normalized spacial score (nSPS) is 12.0. The van der Waals surface area contributed by atoms with E-state index in [2.05, 4.69) is 34.3 Å². The Morgan fingerprint density at radius 1 is 1.20 bits per heavy atom. The molecule has 3 N–H and O–H groups in total. The lowest BCUT2D eigenvalue weighted by Crippen LogP contribution is -2.36. The third-order valence-electron chi connectivity index (χ3n) is 4.88. The number of aliphatic hydroxyl groups excluding tert-OH is 2. The molecule has 1 amide bonds. The van der Waals surface area contributed by atoms with Gasteiger partial charge in [-0.1, -0.05) is 30.6 Å². The van der Waals surface area contributed by atoms with Crippen LogP contribution in [0.2, 0.25) is 5.02 Å². The second kappa shape index (κ2) is 12.0. The van der Waals surface area contributed by atoms with Gasteiger partial charge in [-0.15, -0.1) is 0 Å². The summed E-state index contributed by atoms with van der Waals surface area (Å²) in [7, 11) is 1.46. The van der Waals surface area contributed by atoms with Gasteiger partial charge < -0.3 is 29.5 Å². The molecule has 2 aromatic heterocycles. The predicted octanol–water partition coefficient (Wildman–Crippen LogP) is 2.82. The fourth-order valence-corrected chi connectivity index (χ4v) is 3.62. The van der Waals surface area contributed by atoms with Crippen molar-refractivity contribution in [3.05, 3.63) is 40.7 Å². The summed E-state index contributed by atoms with van der Waals surface area (Å²) in [6, 6.07) is 7.09. The molecular weight excluding hydrogens is 476 g/mol. The monoisotopic (exact) mass is 504 g/mol. The summed E-state index contributed by atoms with van der Waals surface area (Å²) in [6.45, 7) is 5.28. The van der Waals surface area contributed by atoms with Crippen LogP contribution < -0.4 is 14.8 Å². The first-order chi connectivity index (χ1) is 16.7. The summed E-state index contributed by atoms with van der Waals surface area (Å²) in [6.07, 6.45) is -0.179. The van der Waals surface area contributed by atoms with Crippen molar-refractivity contribution in [2.75, 3.05) is 26.9 Å². The number of aliphatic hydroxyl groups is 2. The van der Waals surface area contributed by atoms with E-state index in [1.165, 1.54) is 7.11 Å². The van der Waals surface area contributed by atoms with Crippen LogP contribution in [-0.2, 0) is 11.2 Å². The van der Waals surface area contributed by atoms with E-state index in [1.807, 2.05) is 19.1 Å². The van der Waals surface area contributed by atoms with Crippen molar-refractivity contribution < 1.29 is 29.0 Å². The quantitative estimate of drug-likeness (QED) is 0.359. The van der Waals surface area contributed by atoms with E-state index in [-0.39, 0.29) is 23.9 Å². The highest BCUT2D eigenvalue weighted by Crippen LogP contribution is 2.39. The Bertz CT molecular complexity index is 1170. The summed E-state index contributed by atoms with van der Waals surface area (Å²) in [5.74, 6) is 1.08. The van der Waals surface area contributed by atoms with Crippen LogP contribution in [0.4, 0.5) is 0 Å². The van der Waals surface area contributed by atoms with Crippen molar-refractivity contribution in [3.63, 3.8) is 0 Å². The molecule has 0 saturated carbocycles. The number of nitrogens with one attached hydrogen (secondary N) is 1. The third kappa shape index (κ3) is 7.14. The standard InChI is InChI=1S/C24H29ClN4O6/c1-13(2)5-17-7-16(6-14(3)27-17)24-28-23(29-35-24)15-8-19(25)22(20(9-15)33-4)34-12-18(31)10-26-21(32)11-30/h6-9,13,18,30-31H,5,10-12H2,1-4H3,(H,26,32). The molecule has 0 saturated heterocycles. The number of amides is 1. The highest BCUT2D eigenvalue weighted by atomic mass is 35.5. The Morgan fingerprint density at radius 2 is 1.97 bits per heavy atom. The highest BCUT2D eigenvalue weighted by molar-refractivity contribution is 6.32. The van der Waals surface area contributed by atoms with Crippen molar-refractivity contribution in [1.29, 1.82) is 0 Å². The number of aryl methyl sites for hydroxylation is 1. The Hall–Kier alpha value is -3.21. The van der Waals surface area contributed by atoms with E-state index in [0.29, 0.717) is 28.9 Å². The minimum absolute atomic E-state index is 0.0869. The fraction of sp³-hybridized carbons (Fsp3) is 0.417. The summed E-state index contributed by atoms with van der Waals surface area (Å²) in [4.78, 5) is 20.2. The summed E-state index contributed by atoms with van der Waals surface area (Å²) in [5, 5.41) is 25.4. The van der Waals surface area contributed by atoms with Crippen molar-refractivity contribution in [2.45, 2.75) is 33.3 Å². The van der Waals surface area contributed by atoms with E-state index >= 15 is 0 Å². The zero-order chi connectivity index (χ0) is 25.5. The van der Waals surface area contributed by atoms with Crippen LogP contribution >= 0.6 is 11.6 Å². The van der Waals surface area contributed by atoms with Crippen LogP contribution in [0.25, 0.3) is 22.8 Å². The van der Waals surface area contributed by atoms with Gasteiger partial charge in [0.2, 0.25) is 11.7 Å². The second-order valence-corrected chi connectivity index (χ2v) is 8.83. The van der Waals surface area contributed by atoms with Gasteiger partial charge in [0.25, 0.3) is 5.89 Å². The first-order valence-electron chi connectivity index (χ1n) is 11.1. The number of methoxy groups -OCH3 is 1. The number of carbonyl (C=O) groups excluding carboxylic acids is 1. The van der Waals surface area contributed by atoms with Gasteiger partial charge in [-0.3, -0.25) is 9.78 Å². The van der Waals surface area contributed by atoms with Crippen LogP contribution in [0.3, 0.4) is 0 Å². The number of ether oxygens (including phenoxy) is 2. The lowest BCUT2D eigenvalue weighted by Gasteiger charge is -2.16. The largest absolute Gasteiger partial charge is 0.493 e. The molecule has 0 spiro atoms. The van der Waals surface area contributed by atoms with E-state index < -0.39 is 18.6 Å². The Morgan fingerprint density at radius 3 is 2.66 bits per heavy atom. The number of aromatic nitrogens is 3. The van der Waals surface area contributed by atoms with Crippen molar-refractivity contribution >= 4 is 17.5 Å². The van der Waals surface area contributed by atoms with Crippen LogP contribution in [0, 0.1) is 12.8 Å². The van der Waals surface area contributed by atoms with Gasteiger partial charge in [-0.25, -0.2) is 0 Å². The molecule has 188 valence electrons. The molecule has 0 aliphatic heterocycles. The van der Waals surface area contributed by atoms with Crippen molar-refractivity contribution in [2.24, 2.45) is 5.92 Å². The lowest BCUT2D eigenvalue weighted by atomic mass is 10.1. The molecule has 10 nitrogen and oxygen atoms in total. The van der Waals surface area contributed by atoms with Crippen LogP contribution in [-0.4, -0.2) is 64.2 Å². The smallest absolute Gasteiger partial charge is 0.258 e. The molecule has 0 aliphatic rings. The highest BCUT2D eigenvalue weighted by Gasteiger charge is 2.19. The predicted molar refractivity (Wildman–Crippen MR) is 129 cm³/mol. The van der Waals surface area contributed by atoms with Crippen LogP contribution in [0.1, 0.15) is 25.2 Å². The molecule has 0 fully saturated rings. The molecule has 1 aromatic carbocycles. The maximum atomic E-state index is 11.1. The van der Waals surface area contributed by atoms with Crippen molar-refractivity contribution in [3.8, 4) is 34.3 Å². The minimum Gasteiger partial charge on any atom is -0.493 e. The number of halogens is 1. The number of pyridine rings is 1. The summed E-state index contributed by atoms with van der Waals surface area (Å²) in [5.41, 5.74) is 3.16. The maximum Gasteiger partial charge on any atom is 0.258 e. The number of hydrogen-bond donors (Lipinski definition) is 3. The summed E-state index contributed by atoms with van der Waals surface area (Å²) >= 11 is 6.43.